The van der Waals surface area contributed by atoms with Crippen molar-refractivity contribution in [3.8, 4) is 0 Å². The van der Waals surface area contributed by atoms with E-state index < -0.39 is 0 Å². The van der Waals surface area contributed by atoms with E-state index in [0.717, 1.165) is 11.1 Å². The summed E-state index contributed by atoms with van der Waals surface area (Å²) in [6.45, 7) is 5.71. The van der Waals surface area contributed by atoms with Crippen LogP contribution in [-0.2, 0) is 9.47 Å². The average Bonchev–Trinajstić information content (AvgIpc) is 3.02. The normalized spacial score (nSPS) is 21.4. The summed E-state index contributed by atoms with van der Waals surface area (Å²) in [5.41, 5.74) is 2.46. The molecule has 0 amide bonds. The van der Waals surface area contributed by atoms with E-state index in [2.05, 4.69) is 48.0 Å². The molecule has 15 heavy (non-hydrogen) atoms. The van der Waals surface area contributed by atoms with E-state index >= 15 is 0 Å². The topological polar surface area (TPSA) is 21.8 Å². The number of aryl methyl sites for hydroxylation is 1. The Morgan fingerprint density at radius 2 is 2.33 bits per heavy atom. The molecule has 2 atom stereocenters. The molecule has 0 radical (unpaired) electrons. The highest BCUT2D eigenvalue weighted by Crippen LogP contribution is 2.27. The molecular weight excluding hydrogens is 256 g/mol. The van der Waals surface area contributed by atoms with E-state index in [4.69, 9.17) is 9.47 Å². The van der Waals surface area contributed by atoms with Gasteiger partial charge in [0.15, 0.2) is 0 Å². The minimum absolute atomic E-state index is 0.114. The second kappa shape index (κ2) is 4.64. The summed E-state index contributed by atoms with van der Waals surface area (Å²) >= 11 is 3.54. The van der Waals surface area contributed by atoms with Crippen LogP contribution in [0.15, 0.2) is 22.7 Å². The lowest BCUT2D eigenvalue weighted by Crippen LogP contribution is -2.06. The summed E-state index contributed by atoms with van der Waals surface area (Å²) in [6, 6.07) is 6.31. The van der Waals surface area contributed by atoms with Crippen molar-refractivity contribution in [2.24, 2.45) is 0 Å². The van der Waals surface area contributed by atoms with E-state index in [1.54, 1.807) is 0 Å². The SMILES string of the molecule is Cc1ccc(Br)c([C@@H](C)OCC2CO2)c1. The van der Waals surface area contributed by atoms with Gasteiger partial charge in [-0.2, -0.15) is 0 Å². The monoisotopic (exact) mass is 270 g/mol. The molecule has 2 rings (SSSR count). The molecule has 0 bridgehead atoms. The number of benzene rings is 1. The predicted octanol–water partition coefficient (Wildman–Crippen LogP) is 3.23. The summed E-state index contributed by atoms with van der Waals surface area (Å²) in [5.74, 6) is 0. The fourth-order valence-electron chi connectivity index (χ4n) is 1.48. The summed E-state index contributed by atoms with van der Waals surface area (Å²) in [6.07, 6.45) is 0.444. The molecule has 1 aliphatic heterocycles. The highest BCUT2D eigenvalue weighted by Gasteiger charge is 2.24. The third-order valence-corrected chi connectivity index (χ3v) is 3.25. The van der Waals surface area contributed by atoms with Crippen molar-refractivity contribution in [1.29, 1.82) is 0 Å². The van der Waals surface area contributed by atoms with Gasteiger partial charge in [-0.1, -0.05) is 33.6 Å². The number of halogens is 1. The van der Waals surface area contributed by atoms with Gasteiger partial charge in [0, 0.05) is 4.47 Å². The summed E-state index contributed by atoms with van der Waals surface area (Å²) in [4.78, 5) is 0. The molecule has 0 aliphatic carbocycles. The Hall–Kier alpha value is -0.380. The van der Waals surface area contributed by atoms with Crippen molar-refractivity contribution in [2.75, 3.05) is 13.2 Å². The van der Waals surface area contributed by atoms with Crippen LogP contribution >= 0.6 is 15.9 Å². The van der Waals surface area contributed by atoms with Gasteiger partial charge < -0.3 is 9.47 Å². The first-order valence-electron chi connectivity index (χ1n) is 5.16. The average molecular weight is 271 g/mol. The van der Waals surface area contributed by atoms with Crippen LogP contribution < -0.4 is 0 Å². The molecule has 0 N–H and O–H groups in total. The highest BCUT2D eigenvalue weighted by molar-refractivity contribution is 9.10. The lowest BCUT2D eigenvalue weighted by molar-refractivity contribution is 0.0535. The molecule has 82 valence electrons. The highest BCUT2D eigenvalue weighted by atomic mass is 79.9. The maximum atomic E-state index is 5.73. The zero-order chi connectivity index (χ0) is 10.8. The molecule has 1 saturated heterocycles. The molecule has 0 aromatic heterocycles. The third kappa shape index (κ3) is 3.03. The molecular formula is C12H15BrO2. The van der Waals surface area contributed by atoms with Gasteiger partial charge in [0.1, 0.15) is 6.10 Å². The standard InChI is InChI=1S/C12H15BrO2/c1-8-3-4-12(13)11(5-8)9(2)14-6-10-7-15-10/h3-5,9-10H,6-7H2,1-2H3/t9-,10?/m1/s1. The third-order valence-electron chi connectivity index (χ3n) is 2.52. The van der Waals surface area contributed by atoms with Gasteiger partial charge in [-0.05, 0) is 25.5 Å². The summed E-state index contributed by atoms with van der Waals surface area (Å²) < 4.78 is 12.0. The van der Waals surface area contributed by atoms with Crippen LogP contribution in [0.3, 0.4) is 0 Å². The zero-order valence-electron chi connectivity index (χ0n) is 9.00. The second-order valence-electron chi connectivity index (χ2n) is 3.96. The molecule has 1 aromatic carbocycles. The second-order valence-corrected chi connectivity index (χ2v) is 4.81. The van der Waals surface area contributed by atoms with Crippen LogP contribution in [-0.4, -0.2) is 19.3 Å². The molecule has 0 spiro atoms. The quantitative estimate of drug-likeness (QED) is 0.784. The maximum Gasteiger partial charge on any atom is 0.104 e. The number of rotatable bonds is 4. The molecule has 1 aromatic rings. The van der Waals surface area contributed by atoms with Crippen molar-refractivity contribution in [3.63, 3.8) is 0 Å². The zero-order valence-corrected chi connectivity index (χ0v) is 10.6. The molecule has 1 heterocycles. The maximum absolute atomic E-state index is 5.73. The molecule has 1 fully saturated rings. The van der Waals surface area contributed by atoms with Crippen molar-refractivity contribution < 1.29 is 9.47 Å². The van der Waals surface area contributed by atoms with Crippen LogP contribution in [0.4, 0.5) is 0 Å². The van der Waals surface area contributed by atoms with Crippen LogP contribution in [0.1, 0.15) is 24.2 Å². The van der Waals surface area contributed by atoms with Crippen LogP contribution in [0, 0.1) is 6.92 Å². The lowest BCUT2D eigenvalue weighted by atomic mass is 10.1. The predicted molar refractivity (Wildman–Crippen MR) is 63.0 cm³/mol. The Morgan fingerprint density at radius 1 is 1.60 bits per heavy atom. The molecule has 1 unspecified atom stereocenters. The van der Waals surface area contributed by atoms with Gasteiger partial charge in [-0.3, -0.25) is 0 Å². The Bertz CT molecular complexity index is 347. The summed E-state index contributed by atoms with van der Waals surface area (Å²) in [7, 11) is 0. The molecule has 1 aliphatic rings. The van der Waals surface area contributed by atoms with Gasteiger partial charge in [0.05, 0.1) is 19.3 Å². The van der Waals surface area contributed by atoms with E-state index in [1.165, 1.54) is 11.1 Å². The van der Waals surface area contributed by atoms with Crippen LogP contribution in [0.2, 0.25) is 0 Å². The minimum atomic E-state index is 0.114. The Labute approximate surface area is 98.7 Å². The first-order chi connectivity index (χ1) is 7.16. The Balaban J connectivity index is 2.02. The van der Waals surface area contributed by atoms with Crippen LogP contribution in [0.5, 0.6) is 0 Å². The first-order valence-corrected chi connectivity index (χ1v) is 5.95. The van der Waals surface area contributed by atoms with Gasteiger partial charge in [0.25, 0.3) is 0 Å². The number of hydrogen-bond acceptors (Lipinski definition) is 2. The van der Waals surface area contributed by atoms with E-state index in [0.29, 0.717) is 12.7 Å². The molecule has 2 nitrogen and oxygen atoms in total. The van der Waals surface area contributed by atoms with E-state index in [9.17, 15) is 0 Å². The Kier molecular flexibility index (Phi) is 3.44. The minimum Gasteiger partial charge on any atom is -0.371 e. The van der Waals surface area contributed by atoms with Crippen LogP contribution in [0.25, 0.3) is 0 Å². The fourth-order valence-corrected chi connectivity index (χ4v) is 2.05. The van der Waals surface area contributed by atoms with Crippen molar-refractivity contribution in [3.05, 3.63) is 33.8 Å². The van der Waals surface area contributed by atoms with Gasteiger partial charge in [-0.15, -0.1) is 0 Å². The Morgan fingerprint density at radius 3 is 3.00 bits per heavy atom. The smallest absolute Gasteiger partial charge is 0.104 e. The number of hydrogen-bond donors (Lipinski definition) is 0. The summed E-state index contributed by atoms with van der Waals surface area (Å²) in [5, 5.41) is 0. The van der Waals surface area contributed by atoms with Gasteiger partial charge in [0.2, 0.25) is 0 Å². The van der Waals surface area contributed by atoms with Crippen molar-refractivity contribution >= 4 is 15.9 Å². The van der Waals surface area contributed by atoms with Crippen molar-refractivity contribution in [1.82, 2.24) is 0 Å². The van der Waals surface area contributed by atoms with Gasteiger partial charge >= 0.3 is 0 Å². The van der Waals surface area contributed by atoms with Crippen molar-refractivity contribution in [2.45, 2.75) is 26.1 Å². The van der Waals surface area contributed by atoms with E-state index in [1.807, 2.05) is 0 Å². The van der Waals surface area contributed by atoms with Gasteiger partial charge in [-0.25, -0.2) is 0 Å². The number of ether oxygens (including phenoxy) is 2. The first kappa shape index (κ1) is 11.1. The lowest BCUT2D eigenvalue weighted by Gasteiger charge is -2.15. The fraction of sp³-hybridized carbons (Fsp3) is 0.500. The number of epoxide rings is 1. The molecule has 0 saturated carbocycles. The van der Waals surface area contributed by atoms with E-state index in [-0.39, 0.29) is 6.10 Å². The molecule has 3 heteroatoms. The largest absolute Gasteiger partial charge is 0.371 e.